The van der Waals surface area contributed by atoms with Crippen molar-refractivity contribution >= 4 is 30.0 Å². The molecule has 0 spiro atoms. The van der Waals surface area contributed by atoms with E-state index in [4.69, 9.17) is 9.47 Å². The molecule has 0 saturated carbocycles. The first-order valence-corrected chi connectivity index (χ1v) is 9.02. The molecule has 29 heavy (non-hydrogen) atoms. The van der Waals surface area contributed by atoms with Crippen molar-refractivity contribution in [2.75, 3.05) is 38.3 Å². The number of aromatic nitrogens is 2. The number of benzene rings is 1. The van der Waals surface area contributed by atoms with Crippen LogP contribution in [0.2, 0.25) is 0 Å². The van der Waals surface area contributed by atoms with Crippen LogP contribution in [-0.2, 0) is 11.8 Å². The second-order valence-corrected chi connectivity index (χ2v) is 6.66. The number of nitrogens with zero attached hydrogens (tertiary/aromatic N) is 3. The van der Waals surface area contributed by atoms with Gasteiger partial charge in [0.15, 0.2) is 11.5 Å². The highest BCUT2D eigenvalue weighted by Gasteiger charge is 2.28. The number of hydrogen-bond acceptors (Lipinski definition) is 7. The number of aryl methyl sites for hydroxylation is 1. The summed E-state index contributed by atoms with van der Waals surface area (Å²) < 4.78 is 12.5. The molecule has 0 bridgehead atoms. The van der Waals surface area contributed by atoms with Crippen LogP contribution in [0, 0.1) is 0 Å². The molecule has 3 N–H and O–H groups in total. The number of piperazine rings is 1. The average Bonchev–Trinajstić information content (AvgIpc) is 3.30. The minimum atomic E-state index is -0.590. The summed E-state index contributed by atoms with van der Waals surface area (Å²) >= 11 is 0. The Bertz CT molecular complexity index is 889. The number of imide groups is 1. The zero-order chi connectivity index (χ0) is 19.5. The van der Waals surface area contributed by atoms with Gasteiger partial charge in [-0.1, -0.05) is 0 Å². The van der Waals surface area contributed by atoms with Crippen LogP contribution in [0.1, 0.15) is 11.9 Å². The number of carbonyl (C=O) groups is 2. The normalized spacial score (nSPS) is 18.0. The van der Waals surface area contributed by atoms with Crippen molar-refractivity contribution in [1.29, 1.82) is 0 Å². The summed E-state index contributed by atoms with van der Waals surface area (Å²) in [6.45, 7) is 2.42. The number of anilines is 1. The Kier molecular flexibility index (Phi) is 6.57. The van der Waals surface area contributed by atoms with Crippen molar-refractivity contribution in [3.8, 4) is 11.5 Å². The van der Waals surface area contributed by atoms with Crippen molar-refractivity contribution in [3.05, 3.63) is 36.4 Å². The lowest BCUT2D eigenvalue weighted by atomic mass is 10.1. The van der Waals surface area contributed by atoms with Gasteiger partial charge in [0, 0.05) is 50.8 Å². The van der Waals surface area contributed by atoms with Gasteiger partial charge in [-0.15, -0.1) is 12.4 Å². The third-order valence-electron chi connectivity index (χ3n) is 4.74. The second-order valence-electron chi connectivity index (χ2n) is 6.66. The first kappa shape index (κ1) is 20.9. The average molecular weight is 423 g/mol. The monoisotopic (exact) mass is 422 g/mol. The SMILES string of the molecule is Cl.Cn1ccnc1C1CNCCN1CC(=O)NC(=O)Nc1ccc2c(c1)OCO2. The summed E-state index contributed by atoms with van der Waals surface area (Å²) in [5.41, 5.74) is 0.516. The molecule has 1 aromatic heterocycles. The maximum absolute atomic E-state index is 12.4. The zero-order valence-electron chi connectivity index (χ0n) is 15.9. The number of imidazole rings is 1. The van der Waals surface area contributed by atoms with Gasteiger partial charge in [-0.2, -0.15) is 0 Å². The summed E-state index contributed by atoms with van der Waals surface area (Å²) in [7, 11) is 1.92. The Morgan fingerprint density at radius 1 is 1.31 bits per heavy atom. The topological polar surface area (TPSA) is 110 Å². The molecule has 2 aliphatic rings. The number of rotatable bonds is 4. The van der Waals surface area contributed by atoms with Crippen molar-refractivity contribution < 1.29 is 19.1 Å². The van der Waals surface area contributed by atoms with Crippen LogP contribution >= 0.6 is 12.4 Å². The fourth-order valence-electron chi connectivity index (χ4n) is 3.38. The fraction of sp³-hybridized carbons (Fsp3) is 0.389. The van der Waals surface area contributed by atoms with Gasteiger partial charge >= 0.3 is 6.03 Å². The maximum atomic E-state index is 12.4. The molecule has 10 nitrogen and oxygen atoms in total. The van der Waals surface area contributed by atoms with Crippen LogP contribution in [0.25, 0.3) is 0 Å². The number of nitrogens with one attached hydrogen (secondary N) is 3. The Morgan fingerprint density at radius 3 is 2.93 bits per heavy atom. The molecule has 11 heteroatoms. The molecule has 0 aliphatic carbocycles. The summed E-state index contributed by atoms with van der Waals surface area (Å²) in [6.07, 6.45) is 3.61. The first-order valence-electron chi connectivity index (χ1n) is 9.02. The molecule has 3 amide bonds. The van der Waals surface area contributed by atoms with Gasteiger partial charge in [0.05, 0.1) is 12.6 Å². The van der Waals surface area contributed by atoms with Gasteiger partial charge in [0.1, 0.15) is 5.82 Å². The van der Waals surface area contributed by atoms with Gasteiger partial charge in [-0.05, 0) is 12.1 Å². The summed E-state index contributed by atoms with van der Waals surface area (Å²) in [6, 6.07) is 4.42. The van der Waals surface area contributed by atoms with E-state index < -0.39 is 6.03 Å². The van der Waals surface area contributed by atoms with Crippen molar-refractivity contribution in [2.45, 2.75) is 6.04 Å². The van der Waals surface area contributed by atoms with Crippen LogP contribution in [0.15, 0.2) is 30.6 Å². The van der Waals surface area contributed by atoms with Crippen molar-refractivity contribution in [3.63, 3.8) is 0 Å². The Labute approximate surface area is 174 Å². The van der Waals surface area contributed by atoms with Gasteiger partial charge < -0.3 is 24.7 Å². The van der Waals surface area contributed by atoms with Crippen LogP contribution in [0.5, 0.6) is 11.5 Å². The zero-order valence-corrected chi connectivity index (χ0v) is 16.7. The number of carbonyl (C=O) groups excluding carboxylic acids is 2. The Balaban J connectivity index is 0.00000240. The Hall–Kier alpha value is -2.82. The number of halogens is 1. The van der Waals surface area contributed by atoms with Crippen LogP contribution in [-0.4, -0.2) is 59.4 Å². The quantitative estimate of drug-likeness (QED) is 0.670. The molecule has 1 atom stereocenters. The van der Waals surface area contributed by atoms with E-state index >= 15 is 0 Å². The predicted octanol–water partition coefficient (Wildman–Crippen LogP) is 0.865. The van der Waals surface area contributed by atoms with Crippen LogP contribution < -0.4 is 25.4 Å². The molecule has 1 unspecified atom stereocenters. The van der Waals surface area contributed by atoms with Crippen molar-refractivity contribution in [2.24, 2.45) is 7.05 Å². The fourth-order valence-corrected chi connectivity index (χ4v) is 3.38. The van der Waals surface area contributed by atoms with E-state index in [1.807, 2.05) is 22.7 Å². The van der Waals surface area contributed by atoms with E-state index in [2.05, 4.69) is 20.9 Å². The summed E-state index contributed by atoms with van der Waals surface area (Å²) in [5.74, 6) is 1.69. The third-order valence-corrected chi connectivity index (χ3v) is 4.74. The Morgan fingerprint density at radius 2 is 2.14 bits per heavy atom. The molecule has 1 saturated heterocycles. The van der Waals surface area contributed by atoms with Crippen LogP contribution in [0.3, 0.4) is 0 Å². The van der Waals surface area contributed by atoms with E-state index in [0.29, 0.717) is 30.3 Å². The first-order chi connectivity index (χ1) is 13.6. The number of amides is 3. The number of urea groups is 1. The van der Waals surface area contributed by atoms with Gasteiger partial charge in [-0.3, -0.25) is 15.0 Å². The molecule has 2 aliphatic heterocycles. The standard InChI is InChI=1S/C18H22N6O4.ClH/c1-23-6-5-20-17(23)13-9-19-4-7-24(13)10-16(25)22-18(26)21-12-2-3-14-15(8-12)28-11-27-14;/h2-3,5-6,8,13,19H,4,7,9-11H2,1H3,(H2,21,22,25,26);1H. The smallest absolute Gasteiger partial charge is 0.325 e. The molecule has 1 fully saturated rings. The number of ether oxygens (including phenoxy) is 2. The number of fused-ring (bicyclic) bond motifs is 1. The van der Waals surface area contributed by atoms with E-state index in [1.54, 1.807) is 24.4 Å². The lowest BCUT2D eigenvalue weighted by molar-refractivity contribution is -0.121. The molecule has 0 radical (unpaired) electrons. The molecule has 4 rings (SSSR count). The van der Waals surface area contributed by atoms with Crippen molar-refractivity contribution in [1.82, 2.24) is 25.1 Å². The minimum absolute atomic E-state index is 0. The second kappa shape index (κ2) is 9.12. The van der Waals surface area contributed by atoms with Crippen LogP contribution in [0.4, 0.5) is 10.5 Å². The molecule has 2 aromatic rings. The molecule has 1 aromatic carbocycles. The molecule has 3 heterocycles. The van der Waals surface area contributed by atoms with E-state index in [0.717, 1.165) is 12.4 Å². The van der Waals surface area contributed by atoms with Gasteiger partial charge in [0.25, 0.3) is 0 Å². The van der Waals surface area contributed by atoms with Gasteiger partial charge in [-0.25, -0.2) is 9.78 Å². The minimum Gasteiger partial charge on any atom is -0.454 e. The van der Waals surface area contributed by atoms with E-state index in [9.17, 15) is 9.59 Å². The largest absolute Gasteiger partial charge is 0.454 e. The number of hydrogen-bond donors (Lipinski definition) is 3. The van der Waals surface area contributed by atoms with Gasteiger partial charge in [0.2, 0.25) is 12.7 Å². The van der Waals surface area contributed by atoms with E-state index in [-0.39, 0.29) is 37.7 Å². The molecular formula is C18H23ClN6O4. The predicted molar refractivity (Wildman–Crippen MR) is 107 cm³/mol. The highest BCUT2D eigenvalue weighted by molar-refractivity contribution is 6.01. The lowest BCUT2D eigenvalue weighted by Crippen LogP contribution is -2.51. The summed E-state index contributed by atoms with van der Waals surface area (Å²) in [5, 5.41) is 8.33. The maximum Gasteiger partial charge on any atom is 0.325 e. The molecule has 156 valence electrons. The van der Waals surface area contributed by atoms with E-state index in [1.165, 1.54) is 0 Å². The highest BCUT2D eigenvalue weighted by atomic mass is 35.5. The highest BCUT2D eigenvalue weighted by Crippen LogP contribution is 2.34. The third kappa shape index (κ3) is 4.78. The molecular weight excluding hydrogens is 400 g/mol. The summed E-state index contributed by atoms with van der Waals surface area (Å²) in [4.78, 5) is 31.0. The lowest BCUT2D eigenvalue weighted by Gasteiger charge is -2.35.